The van der Waals surface area contributed by atoms with Gasteiger partial charge in [-0.3, -0.25) is 4.79 Å². The van der Waals surface area contributed by atoms with Crippen LogP contribution in [0.4, 0.5) is 0 Å². The van der Waals surface area contributed by atoms with Crippen LogP contribution in [0.3, 0.4) is 0 Å². The van der Waals surface area contributed by atoms with Crippen molar-refractivity contribution in [3.63, 3.8) is 0 Å². The molecule has 2 aromatic carbocycles. The first-order chi connectivity index (χ1) is 18.4. The fourth-order valence-electron chi connectivity index (χ4n) is 5.38. The highest BCUT2D eigenvalue weighted by Crippen LogP contribution is 2.52. The van der Waals surface area contributed by atoms with Gasteiger partial charge in [-0.1, -0.05) is 69.3 Å². The Bertz CT molecular complexity index is 1030. The average Bonchev–Trinajstić information content (AvgIpc) is 2.93. The molecule has 0 bridgehead atoms. The van der Waals surface area contributed by atoms with Crippen LogP contribution in [-0.2, 0) is 14.9 Å². The van der Waals surface area contributed by atoms with E-state index in [1.807, 2.05) is 24.3 Å². The lowest BCUT2D eigenvalue weighted by Gasteiger charge is -2.43. The van der Waals surface area contributed by atoms with Crippen molar-refractivity contribution in [1.29, 1.82) is 0 Å². The topological polar surface area (TPSA) is 63.2 Å². The third kappa shape index (κ3) is 8.06. The van der Waals surface area contributed by atoms with E-state index in [1.165, 1.54) is 49.4 Å². The van der Waals surface area contributed by atoms with Crippen LogP contribution in [0.1, 0.15) is 82.3 Å². The molecule has 7 heteroatoms. The summed E-state index contributed by atoms with van der Waals surface area (Å²) in [4.78, 5) is 11.0. The third-order valence-electron chi connectivity index (χ3n) is 7.47. The molecule has 0 N–H and O–H groups in total. The first-order valence-corrected chi connectivity index (χ1v) is 14.7. The summed E-state index contributed by atoms with van der Waals surface area (Å²) in [7, 11) is 5.01. The number of benzene rings is 2. The molecule has 0 amide bonds. The lowest BCUT2D eigenvalue weighted by Crippen LogP contribution is -2.40. The number of carbonyl (C=O) groups excluding carboxylic acids is 1. The zero-order chi connectivity index (χ0) is 27.4. The molecule has 1 heterocycles. The number of ether oxygens (including phenoxy) is 5. The second-order valence-corrected chi connectivity index (χ2v) is 11.5. The van der Waals surface area contributed by atoms with Gasteiger partial charge < -0.3 is 23.7 Å². The van der Waals surface area contributed by atoms with Gasteiger partial charge in [-0.25, -0.2) is 0 Å². The highest BCUT2D eigenvalue weighted by molar-refractivity contribution is 8.13. The number of hydrogen-bond donors (Lipinski definition) is 0. The zero-order valence-corrected chi connectivity index (χ0v) is 24.5. The van der Waals surface area contributed by atoms with E-state index in [-0.39, 0.29) is 23.2 Å². The molecule has 0 aliphatic carbocycles. The van der Waals surface area contributed by atoms with Crippen LogP contribution in [0.15, 0.2) is 36.4 Å². The Labute approximate surface area is 232 Å². The van der Waals surface area contributed by atoms with Crippen molar-refractivity contribution in [2.75, 3.05) is 40.5 Å². The summed E-state index contributed by atoms with van der Waals surface area (Å²) in [5.41, 5.74) is 2.09. The number of unbranched alkanes of at least 4 members (excludes halogenated alkanes) is 6. The van der Waals surface area contributed by atoms with Crippen molar-refractivity contribution >= 4 is 16.9 Å². The molecule has 0 aromatic heterocycles. The predicted molar refractivity (Wildman–Crippen MR) is 154 cm³/mol. The second kappa shape index (κ2) is 15.3. The highest BCUT2D eigenvalue weighted by atomic mass is 32.2. The van der Waals surface area contributed by atoms with Crippen LogP contribution >= 0.6 is 11.8 Å². The molecular weight excluding hydrogens is 500 g/mol. The van der Waals surface area contributed by atoms with Crippen LogP contribution < -0.4 is 18.9 Å². The zero-order valence-electron chi connectivity index (χ0n) is 23.7. The highest BCUT2D eigenvalue weighted by Gasteiger charge is 2.44. The van der Waals surface area contributed by atoms with Crippen LogP contribution in [0.25, 0.3) is 0 Å². The Morgan fingerprint density at radius 3 is 2.34 bits per heavy atom. The fourth-order valence-corrected chi connectivity index (χ4v) is 6.01. The van der Waals surface area contributed by atoms with E-state index in [0.717, 1.165) is 53.6 Å². The Balaban J connectivity index is 1.71. The SMILES string of the molecule is COCOc1ccc2c(c1)OCC(C)(c1ccc(OC)cc1OC)C2CCCCCCCCCSC(C)=O. The fraction of sp³-hybridized carbons (Fsp3) is 0.581. The molecule has 0 saturated carbocycles. The Morgan fingerprint density at radius 2 is 1.66 bits per heavy atom. The van der Waals surface area contributed by atoms with E-state index in [2.05, 4.69) is 19.1 Å². The van der Waals surface area contributed by atoms with Gasteiger partial charge in [0.05, 0.1) is 20.8 Å². The summed E-state index contributed by atoms with van der Waals surface area (Å²) in [6, 6.07) is 12.2. The van der Waals surface area contributed by atoms with Crippen molar-refractivity contribution < 1.29 is 28.5 Å². The minimum Gasteiger partial charge on any atom is -0.497 e. The predicted octanol–water partition coefficient (Wildman–Crippen LogP) is 7.52. The van der Waals surface area contributed by atoms with E-state index >= 15 is 0 Å². The number of thioether (sulfide) groups is 1. The Kier molecular flexibility index (Phi) is 12.1. The summed E-state index contributed by atoms with van der Waals surface area (Å²) >= 11 is 1.44. The van der Waals surface area contributed by atoms with Crippen LogP contribution in [0.5, 0.6) is 23.0 Å². The molecule has 2 aromatic rings. The molecular formula is C31H44O6S. The maximum atomic E-state index is 11.0. The minimum atomic E-state index is -0.256. The Morgan fingerprint density at radius 1 is 0.947 bits per heavy atom. The quantitative estimate of drug-likeness (QED) is 0.160. The molecule has 0 fully saturated rings. The van der Waals surface area contributed by atoms with Crippen molar-refractivity contribution in [1.82, 2.24) is 0 Å². The molecule has 2 unspecified atom stereocenters. The number of rotatable bonds is 16. The molecule has 1 aliphatic heterocycles. The number of hydrogen-bond acceptors (Lipinski definition) is 7. The Hall–Kier alpha value is -2.38. The van der Waals surface area contributed by atoms with Gasteiger partial charge in [-0.05, 0) is 30.5 Å². The average molecular weight is 545 g/mol. The molecule has 6 nitrogen and oxygen atoms in total. The van der Waals surface area contributed by atoms with Gasteiger partial charge in [0.1, 0.15) is 23.0 Å². The van der Waals surface area contributed by atoms with Crippen molar-refractivity contribution in [2.45, 2.75) is 76.5 Å². The van der Waals surface area contributed by atoms with Crippen molar-refractivity contribution in [3.05, 3.63) is 47.5 Å². The molecule has 0 saturated heterocycles. The lowest BCUT2D eigenvalue weighted by atomic mass is 9.66. The van der Waals surface area contributed by atoms with Crippen molar-refractivity contribution in [2.24, 2.45) is 0 Å². The largest absolute Gasteiger partial charge is 0.497 e. The van der Waals surface area contributed by atoms with Gasteiger partial charge >= 0.3 is 0 Å². The second-order valence-electron chi connectivity index (χ2n) is 10.2. The van der Waals surface area contributed by atoms with Gasteiger partial charge in [0.15, 0.2) is 11.9 Å². The van der Waals surface area contributed by atoms with Gasteiger partial charge in [0.25, 0.3) is 0 Å². The molecule has 0 radical (unpaired) electrons. The summed E-state index contributed by atoms with van der Waals surface area (Å²) in [6.45, 7) is 4.70. The summed E-state index contributed by atoms with van der Waals surface area (Å²) in [5.74, 6) is 4.46. The van der Waals surface area contributed by atoms with E-state index in [1.54, 1.807) is 28.3 Å². The van der Waals surface area contributed by atoms with Crippen molar-refractivity contribution in [3.8, 4) is 23.0 Å². The number of fused-ring (bicyclic) bond motifs is 1. The molecule has 38 heavy (non-hydrogen) atoms. The van der Waals surface area contributed by atoms with E-state index < -0.39 is 0 Å². The maximum Gasteiger partial charge on any atom is 0.188 e. The van der Waals surface area contributed by atoms with E-state index in [9.17, 15) is 4.79 Å². The lowest BCUT2D eigenvalue weighted by molar-refractivity contribution is -0.109. The van der Waals surface area contributed by atoms with Gasteiger partial charge in [0.2, 0.25) is 0 Å². The van der Waals surface area contributed by atoms with Gasteiger partial charge in [-0.2, -0.15) is 0 Å². The molecule has 210 valence electrons. The summed E-state index contributed by atoms with van der Waals surface area (Å²) < 4.78 is 28.4. The normalized spacial score (nSPS) is 18.4. The van der Waals surface area contributed by atoms with E-state index in [4.69, 9.17) is 23.7 Å². The van der Waals surface area contributed by atoms with Gasteiger partial charge in [0, 0.05) is 48.8 Å². The third-order valence-corrected chi connectivity index (χ3v) is 8.37. The van der Waals surface area contributed by atoms with Crippen LogP contribution in [-0.4, -0.2) is 45.6 Å². The van der Waals surface area contributed by atoms with Gasteiger partial charge in [-0.15, -0.1) is 0 Å². The standard InChI is InChI=1S/C31H44O6S/c1-23(32)38-18-12-10-8-6-7-9-11-13-27-26-16-14-25(37-22-33-3)20-29(26)36-21-31(27,2)28-17-15-24(34-4)19-30(28)35-5/h14-17,19-20,27H,6-13,18,21-22H2,1-5H3. The molecule has 2 atom stereocenters. The maximum absolute atomic E-state index is 11.0. The first kappa shape index (κ1) is 30.2. The molecule has 1 aliphatic rings. The summed E-state index contributed by atoms with van der Waals surface area (Å²) in [5, 5.41) is 0.220. The monoisotopic (exact) mass is 544 g/mol. The van der Waals surface area contributed by atoms with Crippen LogP contribution in [0, 0.1) is 0 Å². The van der Waals surface area contributed by atoms with Crippen LogP contribution in [0.2, 0.25) is 0 Å². The first-order valence-electron chi connectivity index (χ1n) is 13.7. The molecule has 0 spiro atoms. The minimum absolute atomic E-state index is 0.207. The number of methoxy groups -OCH3 is 3. The number of carbonyl (C=O) groups is 1. The molecule has 3 rings (SSSR count). The van der Waals surface area contributed by atoms with E-state index in [0.29, 0.717) is 6.61 Å². The summed E-state index contributed by atoms with van der Waals surface area (Å²) in [6.07, 6.45) is 9.48. The smallest absolute Gasteiger partial charge is 0.188 e.